The molecule has 1 amide bonds. The van der Waals surface area contributed by atoms with Crippen molar-refractivity contribution < 1.29 is 32.9 Å². The van der Waals surface area contributed by atoms with Gasteiger partial charge in [-0.3, -0.25) is 13.8 Å². The van der Waals surface area contributed by atoms with E-state index in [1.807, 2.05) is 27.2 Å². The number of likely N-dealkylation sites (N-methyl/N-ethyl adjacent to an activating group) is 1. The summed E-state index contributed by atoms with van der Waals surface area (Å²) in [5, 5.41) is 14.0. The third-order valence-electron chi connectivity index (χ3n) is 16.5. The van der Waals surface area contributed by atoms with Crippen molar-refractivity contribution in [3.05, 3.63) is 109 Å². The van der Waals surface area contributed by atoms with E-state index in [1.165, 1.54) is 231 Å². The summed E-state index contributed by atoms with van der Waals surface area (Å²) < 4.78 is 23.8. The molecular formula is C79H144N2O6P+. The van der Waals surface area contributed by atoms with Crippen LogP contribution in [0.4, 0.5) is 0 Å². The summed E-state index contributed by atoms with van der Waals surface area (Å²) >= 11 is 0. The van der Waals surface area contributed by atoms with Crippen LogP contribution < -0.4 is 5.32 Å². The Balaban J connectivity index is 4.08. The average molecular weight is 1250 g/mol. The van der Waals surface area contributed by atoms with Crippen LogP contribution in [0.1, 0.15) is 335 Å². The minimum absolute atomic E-state index is 0.0509. The number of allylic oxidation sites excluding steroid dienone is 17. The summed E-state index contributed by atoms with van der Waals surface area (Å²) in [6.45, 7) is 4.70. The lowest BCUT2D eigenvalue weighted by Gasteiger charge is -2.25. The Morgan fingerprint density at radius 2 is 0.693 bits per heavy atom. The van der Waals surface area contributed by atoms with Gasteiger partial charge in [0.1, 0.15) is 13.2 Å². The van der Waals surface area contributed by atoms with Crippen LogP contribution in [-0.2, 0) is 18.4 Å². The molecule has 0 aromatic rings. The molecule has 9 heteroatoms. The predicted molar refractivity (Wildman–Crippen MR) is 387 cm³/mol. The van der Waals surface area contributed by atoms with Gasteiger partial charge in [0.15, 0.2) is 0 Å². The molecule has 0 heterocycles. The van der Waals surface area contributed by atoms with Gasteiger partial charge in [-0.2, -0.15) is 0 Å². The van der Waals surface area contributed by atoms with E-state index in [0.717, 1.165) is 83.5 Å². The lowest BCUT2D eigenvalue weighted by molar-refractivity contribution is -0.870. The van der Waals surface area contributed by atoms with Crippen LogP contribution in [0.15, 0.2) is 109 Å². The highest BCUT2D eigenvalue weighted by atomic mass is 31.2. The molecule has 0 spiro atoms. The molecule has 0 aromatic carbocycles. The van der Waals surface area contributed by atoms with E-state index in [0.29, 0.717) is 17.4 Å². The minimum atomic E-state index is -4.37. The van der Waals surface area contributed by atoms with E-state index < -0.39 is 20.0 Å². The molecule has 0 radical (unpaired) electrons. The van der Waals surface area contributed by atoms with Crippen molar-refractivity contribution >= 4 is 13.7 Å². The predicted octanol–water partition coefficient (Wildman–Crippen LogP) is 24.2. The van der Waals surface area contributed by atoms with Crippen LogP contribution in [0.3, 0.4) is 0 Å². The van der Waals surface area contributed by atoms with Crippen molar-refractivity contribution in [2.75, 3.05) is 40.9 Å². The molecule has 0 saturated carbocycles. The molecular weight excluding hydrogens is 1100 g/mol. The number of carbonyl (C=O) groups excluding carboxylic acids is 1. The van der Waals surface area contributed by atoms with E-state index >= 15 is 0 Å². The third kappa shape index (κ3) is 70.6. The first-order valence-corrected chi connectivity index (χ1v) is 38.8. The number of nitrogens with one attached hydrogen (secondary N) is 1. The van der Waals surface area contributed by atoms with Gasteiger partial charge >= 0.3 is 7.82 Å². The Morgan fingerprint density at radius 3 is 1.05 bits per heavy atom. The number of unbranched alkanes of at least 4 members (excludes halogenated alkanes) is 39. The van der Waals surface area contributed by atoms with Crippen LogP contribution in [0, 0.1) is 0 Å². The maximum Gasteiger partial charge on any atom is 0.472 e. The third-order valence-corrected chi connectivity index (χ3v) is 17.4. The molecule has 0 aliphatic heterocycles. The number of nitrogens with zero attached hydrogens (tertiary/aromatic N) is 1. The summed E-state index contributed by atoms with van der Waals surface area (Å²) in [6.07, 6.45) is 101. The summed E-state index contributed by atoms with van der Waals surface area (Å²) in [7, 11) is 1.55. The van der Waals surface area contributed by atoms with Gasteiger partial charge in [-0.15, -0.1) is 0 Å². The average Bonchev–Trinajstić information content (AvgIpc) is 3.70. The van der Waals surface area contributed by atoms with Gasteiger partial charge in [0.2, 0.25) is 5.91 Å². The van der Waals surface area contributed by atoms with E-state index in [-0.39, 0.29) is 19.1 Å². The van der Waals surface area contributed by atoms with Crippen molar-refractivity contribution in [2.45, 2.75) is 347 Å². The number of hydrogen-bond donors (Lipinski definition) is 3. The van der Waals surface area contributed by atoms with Crippen molar-refractivity contribution in [3.8, 4) is 0 Å². The topological polar surface area (TPSA) is 105 Å². The zero-order valence-corrected chi connectivity index (χ0v) is 59.3. The monoisotopic (exact) mass is 1250 g/mol. The number of carbonyl (C=O) groups is 1. The zero-order chi connectivity index (χ0) is 64.1. The van der Waals surface area contributed by atoms with E-state index in [1.54, 1.807) is 6.08 Å². The normalized spacial score (nSPS) is 14.2. The lowest BCUT2D eigenvalue weighted by Crippen LogP contribution is -2.45. The van der Waals surface area contributed by atoms with E-state index in [4.69, 9.17) is 9.05 Å². The van der Waals surface area contributed by atoms with Crippen LogP contribution in [0.2, 0.25) is 0 Å². The fraction of sp³-hybridized carbons (Fsp3) is 0.759. The number of amides is 1. The summed E-state index contributed by atoms with van der Waals surface area (Å²) in [6, 6.07) is -0.877. The molecule has 0 bridgehead atoms. The van der Waals surface area contributed by atoms with Crippen molar-refractivity contribution in [1.29, 1.82) is 0 Å². The Kier molecular flexibility index (Phi) is 66.3. The van der Waals surface area contributed by atoms with Crippen LogP contribution >= 0.6 is 7.82 Å². The Hall–Kier alpha value is -2.84. The molecule has 510 valence electrons. The highest BCUT2D eigenvalue weighted by molar-refractivity contribution is 7.47. The number of phosphoric acid groups is 1. The molecule has 3 unspecified atom stereocenters. The van der Waals surface area contributed by atoms with E-state index in [2.05, 4.69) is 116 Å². The first-order valence-electron chi connectivity index (χ1n) is 37.3. The fourth-order valence-corrected chi connectivity index (χ4v) is 11.5. The second-order valence-electron chi connectivity index (χ2n) is 26.3. The minimum Gasteiger partial charge on any atom is -0.387 e. The van der Waals surface area contributed by atoms with E-state index in [9.17, 15) is 19.4 Å². The molecule has 0 saturated heterocycles. The van der Waals surface area contributed by atoms with Gasteiger partial charge in [-0.05, 0) is 96.3 Å². The fourth-order valence-electron chi connectivity index (χ4n) is 10.7. The summed E-state index contributed by atoms with van der Waals surface area (Å²) in [5.41, 5.74) is 0. The Bertz CT molecular complexity index is 1810. The number of quaternary nitrogens is 1. The lowest BCUT2D eigenvalue weighted by atomic mass is 10.0. The molecule has 0 fully saturated rings. The zero-order valence-electron chi connectivity index (χ0n) is 58.4. The van der Waals surface area contributed by atoms with Crippen LogP contribution in [0.5, 0.6) is 0 Å². The quantitative estimate of drug-likeness (QED) is 0.0243. The highest BCUT2D eigenvalue weighted by Crippen LogP contribution is 2.43. The number of aliphatic hydroxyl groups is 1. The van der Waals surface area contributed by atoms with Gasteiger partial charge in [0, 0.05) is 6.42 Å². The summed E-state index contributed by atoms with van der Waals surface area (Å²) in [5.74, 6) is -0.189. The maximum atomic E-state index is 13.1. The number of phosphoric ester groups is 1. The maximum absolute atomic E-state index is 13.1. The number of aliphatic hydroxyl groups excluding tert-OH is 1. The molecule has 0 aliphatic rings. The van der Waals surface area contributed by atoms with Crippen molar-refractivity contribution in [2.24, 2.45) is 0 Å². The van der Waals surface area contributed by atoms with Gasteiger partial charge < -0.3 is 19.8 Å². The molecule has 88 heavy (non-hydrogen) atoms. The molecule has 8 nitrogen and oxygen atoms in total. The van der Waals surface area contributed by atoms with Gasteiger partial charge in [0.25, 0.3) is 0 Å². The number of hydrogen-bond acceptors (Lipinski definition) is 5. The Morgan fingerprint density at radius 1 is 0.398 bits per heavy atom. The summed E-state index contributed by atoms with van der Waals surface area (Å²) in [4.78, 5) is 23.4. The van der Waals surface area contributed by atoms with Gasteiger partial charge in [-0.1, -0.05) is 342 Å². The highest BCUT2D eigenvalue weighted by Gasteiger charge is 2.28. The van der Waals surface area contributed by atoms with Gasteiger partial charge in [-0.25, -0.2) is 4.57 Å². The van der Waals surface area contributed by atoms with Crippen LogP contribution in [0.25, 0.3) is 0 Å². The molecule has 0 aliphatic carbocycles. The standard InChI is InChI=1S/C79H143N2O6P/c1-6-8-10-12-14-16-18-20-22-24-26-28-30-32-34-36-37-38-39-40-41-42-43-45-47-49-51-53-55-57-59-61-63-65-67-69-71-73-79(83)80-77(76-87-88(84,85)86-75-74-81(3,4)5)78(82)72-70-68-66-64-62-60-58-56-54-52-50-48-46-44-35-33-31-29-27-25-23-21-19-17-15-13-11-9-7-2/h8,10,14,16,20,22,26,28,32,34,37-38,54,56,62,64,70,72,77-78,82H,6-7,9,11-13,15,17-19,21,23-25,27,29-31,33,35-36,39-53,55,57-61,63,65-69,71,73-76H2,1-5H3,(H-,80,83,84,85)/p+1/b10-8-,16-14-,22-20-,28-26-,34-32-,38-37-,56-54+,64-62+,72-70+. The van der Waals surface area contributed by atoms with Crippen molar-refractivity contribution in [1.82, 2.24) is 5.32 Å². The van der Waals surface area contributed by atoms with Crippen LogP contribution in [-0.4, -0.2) is 73.4 Å². The first kappa shape index (κ1) is 85.2. The molecule has 3 N–H and O–H groups in total. The second kappa shape index (κ2) is 68.5. The SMILES string of the molecule is CC/C=C\C/C=C\C/C=C\C/C=C\C/C=C\C/C=C\CCCCCCCCCCCCCCCCCCCCC(=O)NC(COP(=O)(O)OCC[N+](C)(C)C)C(O)/C=C/CC/C=C/CC/C=C/CCCCCCCCCCCCCCCCCCCCC. The first-order chi connectivity index (χ1) is 43.0. The number of rotatable bonds is 68. The second-order valence-corrected chi connectivity index (χ2v) is 27.7. The molecule has 3 atom stereocenters. The largest absolute Gasteiger partial charge is 0.472 e. The Labute approximate surface area is 546 Å². The van der Waals surface area contributed by atoms with Crippen molar-refractivity contribution in [3.63, 3.8) is 0 Å². The smallest absolute Gasteiger partial charge is 0.387 e. The molecule has 0 rings (SSSR count). The van der Waals surface area contributed by atoms with Gasteiger partial charge in [0.05, 0.1) is 39.9 Å². The molecule has 0 aromatic heterocycles.